The minimum atomic E-state index is -0.231. The van der Waals surface area contributed by atoms with Crippen molar-refractivity contribution in [2.24, 2.45) is 0 Å². The summed E-state index contributed by atoms with van der Waals surface area (Å²) >= 11 is 0. The number of amides is 1. The van der Waals surface area contributed by atoms with Gasteiger partial charge in [0.1, 0.15) is 5.75 Å². The Kier molecular flexibility index (Phi) is 8.49. The first kappa shape index (κ1) is 20.6. The summed E-state index contributed by atoms with van der Waals surface area (Å²) < 4.78 is 16.5. The summed E-state index contributed by atoms with van der Waals surface area (Å²) in [4.78, 5) is 12.1. The van der Waals surface area contributed by atoms with Crippen molar-refractivity contribution < 1.29 is 19.0 Å². The van der Waals surface area contributed by atoms with Gasteiger partial charge in [-0.05, 0) is 55.3 Å². The molecule has 0 saturated carbocycles. The van der Waals surface area contributed by atoms with E-state index in [4.69, 9.17) is 14.2 Å². The SMILES string of the molecule is CCCCCCOc1ccc(NC(=O)COc2ccc(C)cc2OC)cc1. The van der Waals surface area contributed by atoms with Gasteiger partial charge in [-0.15, -0.1) is 0 Å². The zero-order valence-corrected chi connectivity index (χ0v) is 16.4. The first-order valence-corrected chi connectivity index (χ1v) is 9.42. The van der Waals surface area contributed by atoms with E-state index in [0.717, 1.165) is 24.3 Å². The van der Waals surface area contributed by atoms with E-state index >= 15 is 0 Å². The maximum atomic E-state index is 12.1. The predicted octanol–water partition coefficient (Wildman–Crippen LogP) is 4.98. The Hall–Kier alpha value is -2.69. The van der Waals surface area contributed by atoms with Gasteiger partial charge in [-0.25, -0.2) is 0 Å². The lowest BCUT2D eigenvalue weighted by Crippen LogP contribution is -2.20. The summed E-state index contributed by atoms with van der Waals surface area (Å²) in [5.74, 6) is 1.74. The zero-order valence-electron chi connectivity index (χ0n) is 16.4. The highest BCUT2D eigenvalue weighted by atomic mass is 16.5. The smallest absolute Gasteiger partial charge is 0.262 e. The number of hydrogen-bond donors (Lipinski definition) is 1. The van der Waals surface area contributed by atoms with Crippen molar-refractivity contribution in [2.45, 2.75) is 39.5 Å². The van der Waals surface area contributed by atoms with Gasteiger partial charge in [-0.3, -0.25) is 4.79 Å². The van der Waals surface area contributed by atoms with E-state index < -0.39 is 0 Å². The van der Waals surface area contributed by atoms with Gasteiger partial charge in [0, 0.05) is 5.69 Å². The highest BCUT2D eigenvalue weighted by Crippen LogP contribution is 2.27. The molecule has 0 bridgehead atoms. The lowest BCUT2D eigenvalue weighted by atomic mass is 10.2. The number of nitrogens with one attached hydrogen (secondary N) is 1. The van der Waals surface area contributed by atoms with E-state index in [-0.39, 0.29) is 12.5 Å². The quantitative estimate of drug-likeness (QED) is 0.566. The lowest BCUT2D eigenvalue weighted by Gasteiger charge is -2.12. The average Bonchev–Trinajstić information content (AvgIpc) is 2.68. The van der Waals surface area contributed by atoms with E-state index in [0.29, 0.717) is 17.2 Å². The normalized spacial score (nSPS) is 10.3. The van der Waals surface area contributed by atoms with Crippen LogP contribution in [0.1, 0.15) is 38.2 Å². The number of hydrogen-bond acceptors (Lipinski definition) is 4. The van der Waals surface area contributed by atoms with E-state index in [9.17, 15) is 4.79 Å². The van der Waals surface area contributed by atoms with Crippen LogP contribution < -0.4 is 19.5 Å². The minimum absolute atomic E-state index is 0.0882. The van der Waals surface area contributed by atoms with Crippen LogP contribution in [0.2, 0.25) is 0 Å². The molecule has 0 radical (unpaired) electrons. The van der Waals surface area contributed by atoms with Gasteiger partial charge in [-0.1, -0.05) is 32.3 Å². The number of methoxy groups -OCH3 is 1. The molecule has 0 fully saturated rings. The Labute approximate surface area is 161 Å². The number of rotatable bonds is 11. The van der Waals surface area contributed by atoms with Crippen molar-refractivity contribution in [3.05, 3.63) is 48.0 Å². The summed E-state index contributed by atoms with van der Waals surface area (Å²) in [7, 11) is 1.58. The summed E-state index contributed by atoms with van der Waals surface area (Å²) in [5, 5.41) is 2.81. The van der Waals surface area contributed by atoms with Crippen molar-refractivity contribution in [1.29, 1.82) is 0 Å². The van der Waals surface area contributed by atoms with Gasteiger partial charge in [0.15, 0.2) is 18.1 Å². The molecule has 0 saturated heterocycles. The molecule has 2 aromatic rings. The molecule has 0 aliphatic heterocycles. The van der Waals surface area contributed by atoms with Crippen LogP contribution in [0.4, 0.5) is 5.69 Å². The molecule has 1 N–H and O–H groups in total. The van der Waals surface area contributed by atoms with Crippen LogP contribution in [0.5, 0.6) is 17.2 Å². The van der Waals surface area contributed by atoms with Crippen LogP contribution >= 0.6 is 0 Å². The third-order valence-electron chi connectivity index (χ3n) is 4.08. The summed E-state index contributed by atoms with van der Waals surface area (Å²) in [6, 6.07) is 13.0. The third kappa shape index (κ3) is 7.21. The van der Waals surface area contributed by atoms with Crippen LogP contribution in [0.3, 0.4) is 0 Å². The van der Waals surface area contributed by atoms with Gasteiger partial charge in [0.25, 0.3) is 5.91 Å². The second kappa shape index (κ2) is 11.1. The molecule has 2 rings (SSSR count). The van der Waals surface area contributed by atoms with Gasteiger partial charge in [0.2, 0.25) is 0 Å². The van der Waals surface area contributed by atoms with Crippen molar-refractivity contribution in [3.8, 4) is 17.2 Å². The largest absolute Gasteiger partial charge is 0.494 e. The topological polar surface area (TPSA) is 56.8 Å². The molecule has 0 unspecified atom stereocenters. The van der Waals surface area contributed by atoms with Crippen molar-refractivity contribution in [3.63, 3.8) is 0 Å². The third-order valence-corrected chi connectivity index (χ3v) is 4.08. The van der Waals surface area contributed by atoms with Crippen molar-refractivity contribution in [2.75, 3.05) is 25.6 Å². The molecule has 0 aromatic heterocycles. The molecule has 0 aliphatic rings. The maximum Gasteiger partial charge on any atom is 0.262 e. The fourth-order valence-electron chi connectivity index (χ4n) is 2.59. The number of carbonyl (C=O) groups excluding carboxylic acids is 1. The Morgan fingerprint density at radius 2 is 1.74 bits per heavy atom. The fourth-order valence-corrected chi connectivity index (χ4v) is 2.59. The predicted molar refractivity (Wildman–Crippen MR) is 108 cm³/mol. The van der Waals surface area contributed by atoms with Crippen molar-refractivity contribution in [1.82, 2.24) is 0 Å². The molecule has 0 spiro atoms. The van der Waals surface area contributed by atoms with Crippen LogP contribution in [0, 0.1) is 6.92 Å². The van der Waals surface area contributed by atoms with Crippen LogP contribution in [-0.2, 0) is 4.79 Å². The first-order valence-electron chi connectivity index (χ1n) is 9.42. The molecule has 5 heteroatoms. The van der Waals surface area contributed by atoms with Crippen LogP contribution in [0.15, 0.2) is 42.5 Å². The monoisotopic (exact) mass is 371 g/mol. The van der Waals surface area contributed by atoms with Gasteiger partial charge in [0.05, 0.1) is 13.7 Å². The molecule has 146 valence electrons. The Balaban J connectivity index is 1.77. The number of aryl methyl sites for hydroxylation is 1. The molecular formula is C22H29NO4. The van der Waals surface area contributed by atoms with Crippen LogP contribution in [0.25, 0.3) is 0 Å². The summed E-state index contributed by atoms with van der Waals surface area (Å²) in [6.45, 7) is 4.79. The fraction of sp³-hybridized carbons (Fsp3) is 0.409. The van der Waals surface area contributed by atoms with E-state index in [2.05, 4.69) is 12.2 Å². The molecule has 0 aliphatic carbocycles. The molecule has 0 heterocycles. The second-order valence-corrected chi connectivity index (χ2v) is 6.42. The first-order chi connectivity index (χ1) is 13.1. The van der Waals surface area contributed by atoms with E-state index in [1.807, 2.05) is 43.3 Å². The molecule has 27 heavy (non-hydrogen) atoms. The standard InChI is InChI=1S/C22H29NO4/c1-4-5-6-7-14-26-19-11-9-18(10-12-19)23-22(24)16-27-20-13-8-17(2)15-21(20)25-3/h8-13,15H,4-7,14,16H2,1-3H3,(H,23,24). The number of benzene rings is 2. The Bertz CT molecular complexity index is 713. The number of carbonyl (C=O) groups is 1. The highest BCUT2D eigenvalue weighted by molar-refractivity contribution is 5.91. The second-order valence-electron chi connectivity index (χ2n) is 6.42. The van der Waals surface area contributed by atoms with E-state index in [1.54, 1.807) is 13.2 Å². The molecule has 2 aromatic carbocycles. The minimum Gasteiger partial charge on any atom is -0.494 e. The lowest BCUT2D eigenvalue weighted by molar-refractivity contribution is -0.118. The molecule has 1 amide bonds. The summed E-state index contributed by atoms with van der Waals surface area (Å²) in [5.41, 5.74) is 1.77. The van der Waals surface area contributed by atoms with Crippen LogP contribution in [-0.4, -0.2) is 26.2 Å². The van der Waals surface area contributed by atoms with E-state index in [1.165, 1.54) is 19.3 Å². The number of anilines is 1. The summed E-state index contributed by atoms with van der Waals surface area (Å²) in [6.07, 6.45) is 4.71. The number of unbranched alkanes of at least 4 members (excludes halogenated alkanes) is 3. The average molecular weight is 371 g/mol. The zero-order chi connectivity index (χ0) is 19.5. The Morgan fingerprint density at radius 1 is 0.963 bits per heavy atom. The van der Waals surface area contributed by atoms with Crippen molar-refractivity contribution >= 4 is 11.6 Å². The maximum absolute atomic E-state index is 12.1. The molecule has 5 nitrogen and oxygen atoms in total. The Morgan fingerprint density at radius 3 is 2.44 bits per heavy atom. The highest BCUT2D eigenvalue weighted by Gasteiger charge is 2.08. The van der Waals surface area contributed by atoms with Gasteiger partial charge >= 0.3 is 0 Å². The number of ether oxygens (including phenoxy) is 3. The molecular weight excluding hydrogens is 342 g/mol. The van der Waals surface area contributed by atoms with Gasteiger partial charge in [-0.2, -0.15) is 0 Å². The van der Waals surface area contributed by atoms with Gasteiger partial charge < -0.3 is 19.5 Å². The molecule has 0 atom stereocenters.